The number of carbonyl (C=O) groups is 1. The molecule has 1 spiro atoms. The first-order valence-corrected chi connectivity index (χ1v) is 8.52. The molecule has 3 unspecified atom stereocenters. The number of amides is 1. The van der Waals surface area contributed by atoms with Gasteiger partial charge in [-0.15, -0.1) is 24.8 Å². The van der Waals surface area contributed by atoms with E-state index in [0.717, 1.165) is 32.0 Å². The van der Waals surface area contributed by atoms with E-state index in [9.17, 15) is 4.79 Å². The molecule has 4 rings (SSSR count). The second kappa shape index (κ2) is 7.25. The van der Waals surface area contributed by atoms with Crippen molar-refractivity contribution in [2.24, 2.45) is 11.3 Å². The highest BCUT2D eigenvalue weighted by atomic mass is 35.5. The van der Waals surface area contributed by atoms with Gasteiger partial charge in [-0.25, -0.2) is 0 Å². The molecule has 0 aromatic rings. The summed E-state index contributed by atoms with van der Waals surface area (Å²) in [6.07, 6.45) is 8.58. The van der Waals surface area contributed by atoms with Crippen molar-refractivity contribution in [3.05, 3.63) is 0 Å². The van der Waals surface area contributed by atoms with E-state index in [-0.39, 0.29) is 24.8 Å². The second-order valence-electron chi connectivity index (χ2n) is 7.43. The third-order valence-corrected chi connectivity index (χ3v) is 6.27. The van der Waals surface area contributed by atoms with Crippen molar-refractivity contribution >= 4 is 30.7 Å². The van der Waals surface area contributed by atoms with E-state index in [4.69, 9.17) is 0 Å². The van der Waals surface area contributed by atoms with E-state index in [1.807, 2.05) is 0 Å². The SMILES string of the molecule is Cl.Cl.O=C(NC1CCN2CCCC2C1)C1CC12CCNCC2. The number of rotatable bonds is 2. The summed E-state index contributed by atoms with van der Waals surface area (Å²) < 4.78 is 0. The fourth-order valence-electron chi connectivity index (χ4n) is 4.85. The molecule has 1 saturated carbocycles. The lowest BCUT2D eigenvalue weighted by molar-refractivity contribution is -0.124. The lowest BCUT2D eigenvalue weighted by Gasteiger charge is -2.35. The van der Waals surface area contributed by atoms with Gasteiger partial charge in [-0.2, -0.15) is 0 Å². The van der Waals surface area contributed by atoms with Crippen molar-refractivity contribution in [1.29, 1.82) is 0 Å². The highest BCUT2D eigenvalue weighted by Gasteiger charge is 2.57. The zero-order chi connectivity index (χ0) is 13.6. The number of fused-ring (bicyclic) bond motifs is 1. The maximum Gasteiger partial charge on any atom is 0.223 e. The molecule has 0 aromatic heterocycles. The summed E-state index contributed by atoms with van der Waals surface area (Å²) in [5.74, 6) is 0.689. The highest BCUT2D eigenvalue weighted by molar-refractivity contribution is 5.85. The van der Waals surface area contributed by atoms with E-state index >= 15 is 0 Å². The topological polar surface area (TPSA) is 44.4 Å². The molecule has 2 N–H and O–H groups in total. The monoisotopic (exact) mass is 349 g/mol. The van der Waals surface area contributed by atoms with Gasteiger partial charge in [0.2, 0.25) is 5.91 Å². The maximum atomic E-state index is 12.5. The number of nitrogens with zero attached hydrogens (tertiary/aromatic N) is 1. The first-order valence-electron chi connectivity index (χ1n) is 8.52. The largest absolute Gasteiger partial charge is 0.353 e. The van der Waals surface area contributed by atoms with Crippen LogP contribution in [0.3, 0.4) is 0 Å². The van der Waals surface area contributed by atoms with Gasteiger partial charge in [0.1, 0.15) is 0 Å². The Morgan fingerprint density at radius 2 is 1.91 bits per heavy atom. The van der Waals surface area contributed by atoms with E-state index in [1.54, 1.807) is 0 Å². The van der Waals surface area contributed by atoms with Gasteiger partial charge in [-0.1, -0.05) is 0 Å². The molecule has 1 aliphatic carbocycles. The Labute approximate surface area is 146 Å². The van der Waals surface area contributed by atoms with Gasteiger partial charge in [0, 0.05) is 24.5 Å². The fourth-order valence-corrected chi connectivity index (χ4v) is 4.85. The van der Waals surface area contributed by atoms with Crippen molar-refractivity contribution in [3.63, 3.8) is 0 Å². The molecular formula is C16H29Cl2N3O. The molecule has 0 bridgehead atoms. The number of halogens is 2. The first-order chi connectivity index (χ1) is 9.77. The molecule has 4 aliphatic rings. The minimum absolute atomic E-state index is 0. The molecule has 0 radical (unpaired) electrons. The van der Waals surface area contributed by atoms with Crippen LogP contribution >= 0.6 is 24.8 Å². The lowest BCUT2D eigenvalue weighted by Crippen LogP contribution is -2.48. The molecule has 22 heavy (non-hydrogen) atoms. The Bertz CT molecular complexity index is 401. The number of hydrogen-bond donors (Lipinski definition) is 2. The van der Waals surface area contributed by atoms with Crippen LogP contribution in [0.2, 0.25) is 0 Å². The maximum absolute atomic E-state index is 12.5. The highest BCUT2D eigenvalue weighted by Crippen LogP contribution is 2.58. The molecule has 3 atom stereocenters. The first kappa shape index (κ1) is 18.3. The molecule has 0 aromatic carbocycles. The molecule has 3 aliphatic heterocycles. The van der Waals surface area contributed by atoms with Crippen molar-refractivity contribution < 1.29 is 4.79 Å². The van der Waals surface area contributed by atoms with E-state index < -0.39 is 0 Å². The van der Waals surface area contributed by atoms with Crippen LogP contribution in [0, 0.1) is 11.3 Å². The summed E-state index contributed by atoms with van der Waals surface area (Å²) in [7, 11) is 0. The van der Waals surface area contributed by atoms with Crippen molar-refractivity contribution in [2.45, 2.75) is 57.0 Å². The van der Waals surface area contributed by atoms with E-state index in [2.05, 4.69) is 15.5 Å². The lowest BCUT2D eigenvalue weighted by atomic mass is 9.91. The van der Waals surface area contributed by atoms with Gasteiger partial charge in [0.05, 0.1) is 0 Å². The number of nitrogens with one attached hydrogen (secondary N) is 2. The molecule has 3 saturated heterocycles. The van der Waals surface area contributed by atoms with Gasteiger partial charge in [-0.05, 0) is 70.0 Å². The smallest absolute Gasteiger partial charge is 0.223 e. The van der Waals surface area contributed by atoms with Gasteiger partial charge < -0.3 is 15.5 Å². The fraction of sp³-hybridized carbons (Fsp3) is 0.938. The minimum Gasteiger partial charge on any atom is -0.353 e. The third kappa shape index (κ3) is 3.40. The second-order valence-corrected chi connectivity index (χ2v) is 7.43. The third-order valence-electron chi connectivity index (χ3n) is 6.27. The normalized spacial score (nSPS) is 35.9. The average Bonchev–Trinajstić information content (AvgIpc) is 2.96. The number of hydrogen-bond acceptors (Lipinski definition) is 3. The van der Waals surface area contributed by atoms with Crippen molar-refractivity contribution in [1.82, 2.24) is 15.5 Å². The average molecular weight is 350 g/mol. The number of piperidine rings is 2. The summed E-state index contributed by atoms with van der Waals surface area (Å²) in [5, 5.41) is 6.79. The zero-order valence-electron chi connectivity index (χ0n) is 13.2. The molecule has 128 valence electrons. The van der Waals surface area contributed by atoms with Crippen LogP contribution in [0.1, 0.15) is 44.9 Å². The minimum atomic E-state index is 0. The molecule has 4 fully saturated rings. The Hall–Kier alpha value is -0.0300. The summed E-state index contributed by atoms with van der Waals surface area (Å²) >= 11 is 0. The molecule has 3 heterocycles. The van der Waals surface area contributed by atoms with Gasteiger partial charge in [0.25, 0.3) is 0 Å². The quantitative estimate of drug-likeness (QED) is 0.800. The predicted molar refractivity (Wildman–Crippen MR) is 92.9 cm³/mol. The van der Waals surface area contributed by atoms with Crippen molar-refractivity contribution in [3.8, 4) is 0 Å². The summed E-state index contributed by atoms with van der Waals surface area (Å²) in [6.45, 7) is 4.67. The van der Waals surface area contributed by atoms with Crippen molar-refractivity contribution in [2.75, 3.05) is 26.2 Å². The molecular weight excluding hydrogens is 321 g/mol. The van der Waals surface area contributed by atoms with E-state index in [0.29, 0.717) is 23.3 Å². The van der Waals surface area contributed by atoms with Crippen LogP contribution in [0.15, 0.2) is 0 Å². The van der Waals surface area contributed by atoms with Gasteiger partial charge >= 0.3 is 0 Å². The zero-order valence-corrected chi connectivity index (χ0v) is 14.8. The van der Waals surface area contributed by atoms with Crippen LogP contribution in [0.4, 0.5) is 0 Å². The van der Waals surface area contributed by atoms with Crippen LogP contribution < -0.4 is 10.6 Å². The predicted octanol–water partition coefficient (Wildman–Crippen LogP) is 1.96. The van der Waals surface area contributed by atoms with Crippen LogP contribution in [-0.4, -0.2) is 49.1 Å². The summed E-state index contributed by atoms with van der Waals surface area (Å²) in [5.41, 5.74) is 0.378. The Kier molecular flexibility index (Phi) is 6.03. The Morgan fingerprint density at radius 3 is 2.68 bits per heavy atom. The van der Waals surface area contributed by atoms with Crippen LogP contribution in [-0.2, 0) is 4.79 Å². The molecule has 6 heteroatoms. The van der Waals surface area contributed by atoms with Crippen LogP contribution in [0.5, 0.6) is 0 Å². The molecule has 4 nitrogen and oxygen atoms in total. The summed E-state index contributed by atoms with van der Waals surface area (Å²) in [4.78, 5) is 15.1. The summed E-state index contributed by atoms with van der Waals surface area (Å²) in [6, 6.07) is 1.20. The number of carbonyl (C=O) groups excluding carboxylic acids is 1. The van der Waals surface area contributed by atoms with Gasteiger partial charge in [0.15, 0.2) is 0 Å². The Morgan fingerprint density at radius 1 is 1.14 bits per heavy atom. The standard InChI is InChI=1S/C16H27N3O.2ClH/c20-15(14-11-16(14)4-6-17-7-5-16)18-12-3-9-19-8-1-2-13(19)10-12;;/h12-14,17H,1-11H2,(H,18,20);2*1H. The van der Waals surface area contributed by atoms with E-state index in [1.165, 1.54) is 45.2 Å². The van der Waals surface area contributed by atoms with Gasteiger partial charge in [-0.3, -0.25) is 4.79 Å². The Balaban J connectivity index is 0.000000882. The molecule has 1 amide bonds. The van der Waals surface area contributed by atoms with Crippen LogP contribution in [0.25, 0.3) is 0 Å².